The van der Waals surface area contributed by atoms with Crippen molar-refractivity contribution < 1.29 is 17.9 Å². The molecule has 1 aliphatic heterocycles. The van der Waals surface area contributed by atoms with Gasteiger partial charge in [0, 0.05) is 52.1 Å². The molecule has 1 saturated heterocycles. The molecule has 2 aromatic heterocycles. The number of hydrogen-bond acceptors (Lipinski definition) is 7. The van der Waals surface area contributed by atoms with Crippen molar-refractivity contribution in [1.29, 1.82) is 0 Å². The van der Waals surface area contributed by atoms with Gasteiger partial charge < -0.3 is 13.9 Å². The number of carbonyl (C=O) groups excluding carboxylic acids is 1. The number of sulfone groups is 1. The number of ether oxygens (including phenoxy) is 1. The molecule has 10 heteroatoms. The third-order valence-corrected chi connectivity index (χ3v) is 7.02. The molecule has 0 saturated carbocycles. The van der Waals surface area contributed by atoms with Crippen LogP contribution in [0.3, 0.4) is 0 Å². The van der Waals surface area contributed by atoms with Crippen LogP contribution in [0.2, 0.25) is 0 Å². The monoisotopic (exact) mass is 423 g/mol. The predicted octanol–water partition coefficient (Wildman–Crippen LogP) is 1.15. The molecule has 0 spiro atoms. The number of likely N-dealkylation sites (tertiary alicyclic amines) is 1. The second-order valence-electron chi connectivity index (χ2n) is 7.38. The number of ketones is 1. The number of Topliss-reactive ketones (excluding diaryl/α,β-unsaturated/α-hetero) is 1. The maximum Gasteiger partial charge on any atom is 0.227 e. The van der Waals surface area contributed by atoms with E-state index in [1.807, 2.05) is 7.05 Å². The highest BCUT2D eigenvalue weighted by molar-refractivity contribution is 7.91. The normalized spacial score (nSPS) is 18.2. The lowest BCUT2D eigenvalue weighted by Gasteiger charge is -2.31. The fourth-order valence-electron chi connectivity index (χ4n) is 3.75. The Balaban J connectivity index is 1.77. The third-order valence-electron chi connectivity index (χ3n) is 5.38. The molecule has 160 valence electrons. The first kappa shape index (κ1) is 21.7. The summed E-state index contributed by atoms with van der Waals surface area (Å²) in [6.07, 6.45) is 6.78. The molecule has 29 heavy (non-hydrogen) atoms. The van der Waals surface area contributed by atoms with E-state index in [1.165, 1.54) is 0 Å². The predicted molar refractivity (Wildman–Crippen MR) is 107 cm³/mol. The van der Waals surface area contributed by atoms with Crippen LogP contribution >= 0.6 is 0 Å². The van der Waals surface area contributed by atoms with E-state index >= 15 is 0 Å². The largest absolute Gasteiger partial charge is 0.383 e. The fraction of sp³-hybridized carbons (Fsp3) is 0.632. The number of hydrogen-bond donors (Lipinski definition) is 0. The van der Waals surface area contributed by atoms with Crippen molar-refractivity contribution in [2.24, 2.45) is 13.0 Å². The van der Waals surface area contributed by atoms with Gasteiger partial charge in [-0.25, -0.2) is 18.4 Å². The molecule has 0 aliphatic carbocycles. The van der Waals surface area contributed by atoms with E-state index < -0.39 is 9.84 Å². The van der Waals surface area contributed by atoms with Crippen LogP contribution in [0.4, 0.5) is 0 Å². The zero-order valence-corrected chi connectivity index (χ0v) is 18.1. The highest BCUT2D eigenvalue weighted by Gasteiger charge is 2.30. The minimum Gasteiger partial charge on any atom is -0.383 e. The highest BCUT2D eigenvalue weighted by Crippen LogP contribution is 2.23. The van der Waals surface area contributed by atoms with Gasteiger partial charge in [-0.1, -0.05) is 6.92 Å². The van der Waals surface area contributed by atoms with Crippen LogP contribution in [0, 0.1) is 5.92 Å². The van der Waals surface area contributed by atoms with E-state index in [-0.39, 0.29) is 22.6 Å². The Morgan fingerprint density at radius 1 is 1.34 bits per heavy atom. The zero-order valence-electron chi connectivity index (χ0n) is 17.2. The second kappa shape index (κ2) is 9.19. The number of aromatic nitrogens is 4. The summed E-state index contributed by atoms with van der Waals surface area (Å²) in [7, 11) is -0.0145. The van der Waals surface area contributed by atoms with Crippen LogP contribution in [-0.2, 0) is 34.7 Å². The Morgan fingerprint density at radius 3 is 2.79 bits per heavy atom. The van der Waals surface area contributed by atoms with Gasteiger partial charge in [-0.05, 0) is 19.4 Å². The summed E-state index contributed by atoms with van der Waals surface area (Å²) >= 11 is 0. The fourth-order valence-corrected chi connectivity index (χ4v) is 4.76. The summed E-state index contributed by atoms with van der Waals surface area (Å²) in [4.78, 5) is 23.4. The Labute approximate surface area is 171 Å². The number of piperidine rings is 1. The molecular formula is C19H29N5O4S. The number of carbonyl (C=O) groups is 1. The summed E-state index contributed by atoms with van der Waals surface area (Å²) in [5.41, 5.74) is 0.819. The molecular weight excluding hydrogens is 394 g/mol. The van der Waals surface area contributed by atoms with Crippen molar-refractivity contribution >= 4 is 15.6 Å². The molecule has 1 fully saturated rings. The van der Waals surface area contributed by atoms with Crippen LogP contribution in [0.25, 0.3) is 0 Å². The second-order valence-corrected chi connectivity index (χ2v) is 9.55. The number of methoxy groups -OCH3 is 1. The standard InChI is InChI=1S/C19H29N5O4S/c1-4-29(26,27)19-21-12-16(24(19)10-11-28-3)14-23-8-5-6-15(13-23)17(25)18-20-7-9-22(18)2/h7,9,12,15H,4-6,8,10-11,13-14H2,1-3H3/t15-/m0/s1. The van der Waals surface area contributed by atoms with Crippen LogP contribution in [0.5, 0.6) is 0 Å². The lowest BCUT2D eigenvalue weighted by molar-refractivity contribution is 0.0794. The van der Waals surface area contributed by atoms with E-state index in [4.69, 9.17) is 4.74 Å². The smallest absolute Gasteiger partial charge is 0.227 e. The topological polar surface area (TPSA) is 99.3 Å². The van der Waals surface area contributed by atoms with Gasteiger partial charge in [0.25, 0.3) is 0 Å². The maximum absolute atomic E-state index is 12.8. The van der Waals surface area contributed by atoms with E-state index in [9.17, 15) is 13.2 Å². The molecule has 1 atom stereocenters. The number of imidazole rings is 2. The van der Waals surface area contributed by atoms with E-state index in [1.54, 1.807) is 41.8 Å². The third kappa shape index (κ3) is 4.76. The summed E-state index contributed by atoms with van der Waals surface area (Å²) < 4.78 is 33.4. The van der Waals surface area contributed by atoms with Gasteiger partial charge in [-0.15, -0.1) is 0 Å². The Morgan fingerprint density at radius 2 is 2.14 bits per heavy atom. The molecule has 2 aromatic rings. The number of rotatable bonds is 9. The minimum absolute atomic E-state index is 0.000387. The molecule has 0 radical (unpaired) electrons. The molecule has 0 bridgehead atoms. The number of nitrogens with zero attached hydrogens (tertiary/aromatic N) is 5. The quantitative estimate of drug-likeness (QED) is 0.558. The van der Waals surface area contributed by atoms with Crippen LogP contribution in [0.15, 0.2) is 23.7 Å². The number of aryl methyl sites for hydroxylation is 1. The molecule has 0 unspecified atom stereocenters. The first-order chi connectivity index (χ1) is 13.9. The van der Waals surface area contributed by atoms with Crippen molar-refractivity contribution in [2.45, 2.75) is 38.0 Å². The molecule has 1 aliphatic rings. The van der Waals surface area contributed by atoms with Gasteiger partial charge in [-0.3, -0.25) is 9.69 Å². The van der Waals surface area contributed by atoms with Crippen LogP contribution in [0.1, 0.15) is 36.1 Å². The Kier molecular flexibility index (Phi) is 6.86. The van der Waals surface area contributed by atoms with Crippen molar-refractivity contribution in [3.05, 3.63) is 30.1 Å². The first-order valence-corrected chi connectivity index (χ1v) is 11.5. The lowest BCUT2D eigenvalue weighted by atomic mass is 9.93. The molecule has 3 heterocycles. The van der Waals surface area contributed by atoms with E-state index in [2.05, 4.69) is 14.9 Å². The Hall–Kier alpha value is -2.04. The highest BCUT2D eigenvalue weighted by atomic mass is 32.2. The first-order valence-electron chi connectivity index (χ1n) is 9.87. The van der Waals surface area contributed by atoms with Gasteiger partial charge >= 0.3 is 0 Å². The summed E-state index contributed by atoms with van der Waals surface area (Å²) in [6, 6.07) is 0. The summed E-state index contributed by atoms with van der Waals surface area (Å²) in [5.74, 6) is 0.433. The molecule has 9 nitrogen and oxygen atoms in total. The minimum atomic E-state index is -3.43. The molecule has 0 aromatic carbocycles. The van der Waals surface area contributed by atoms with Gasteiger partial charge in [0.05, 0.1) is 24.3 Å². The van der Waals surface area contributed by atoms with Crippen molar-refractivity contribution in [3.63, 3.8) is 0 Å². The lowest BCUT2D eigenvalue weighted by Crippen LogP contribution is -2.39. The van der Waals surface area contributed by atoms with E-state index in [0.717, 1.165) is 25.1 Å². The van der Waals surface area contributed by atoms with Gasteiger partial charge in [0.2, 0.25) is 20.8 Å². The average molecular weight is 424 g/mol. The molecule has 3 rings (SSSR count). The van der Waals surface area contributed by atoms with Gasteiger partial charge in [-0.2, -0.15) is 0 Å². The van der Waals surface area contributed by atoms with E-state index in [0.29, 0.717) is 32.1 Å². The van der Waals surface area contributed by atoms with Crippen molar-refractivity contribution in [2.75, 3.05) is 32.6 Å². The maximum atomic E-state index is 12.8. The zero-order chi connectivity index (χ0) is 21.0. The Bertz CT molecular complexity index is 950. The molecule has 0 amide bonds. The SMILES string of the molecule is CCS(=O)(=O)c1ncc(CN2CCC[C@H](C(=O)c3nccn3C)C2)n1CCOC. The van der Waals surface area contributed by atoms with Crippen LogP contribution < -0.4 is 0 Å². The van der Waals surface area contributed by atoms with Gasteiger partial charge in [0.1, 0.15) is 0 Å². The molecule has 0 N–H and O–H groups in total. The summed E-state index contributed by atoms with van der Waals surface area (Å²) in [5, 5.41) is 0.0877. The van der Waals surface area contributed by atoms with Crippen molar-refractivity contribution in [3.8, 4) is 0 Å². The summed E-state index contributed by atoms with van der Waals surface area (Å²) in [6.45, 7) is 4.45. The average Bonchev–Trinajstić information content (AvgIpc) is 3.32. The van der Waals surface area contributed by atoms with Gasteiger partial charge in [0.15, 0.2) is 5.82 Å². The van der Waals surface area contributed by atoms with Crippen molar-refractivity contribution in [1.82, 2.24) is 24.0 Å². The van der Waals surface area contributed by atoms with Crippen LogP contribution in [-0.4, -0.2) is 70.8 Å².